The predicted molar refractivity (Wildman–Crippen MR) is 77.1 cm³/mol. The van der Waals surface area contributed by atoms with E-state index in [4.69, 9.17) is 19.6 Å². The minimum absolute atomic E-state index is 0.142. The summed E-state index contributed by atoms with van der Waals surface area (Å²) in [7, 11) is 0. The Morgan fingerprint density at radius 2 is 1.70 bits per heavy atom. The molecule has 0 radical (unpaired) electrons. The lowest BCUT2D eigenvalue weighted by atomic mass is 10.1. The standard InChI is InChI=1S/C16H14O7/c17-16(18)12-4-6-13(7-5-12)20-22-23-21-14-8-3-11-2-1-9-19-15(11)10-14/h3-8,10H,1-2,9H2,(H,17,18). The van der Waals surface area contributed by atoms with Crippen LogP contribution in [0.2, 0.25) is 0 Å². The van der Waals surface area contributed by atoms with Crippen LogP contribution in [0.5, 0.6) is 17.2 Å². The molecule has 1 aliphatic rings. The van der Waals surface area contributed by atoms with E-state index in [1.54, 1.807) is 12.1 Å². The van der Waals surface area contributed by atoms with Crippen LogP contribution in [0, 0.1) is 0 Å². The summed E-state index contributed by atoms with van der Waals surface area (Å²) in [6.45, 7) is 0.684. The lowest BCUT2D eigenvalue weighted by Gasteiger charge is -2.17. The van der Waals surface area contributed by atoms with Crippen LogP contribution in [-0.2, 0) is 16.5 Å². The van der Waals surface area contributed by atoms with Crippen LogP contribution < -0.4 is 14.5 Å². The van der Waals surface area contributed by atoms with Gasteiger partial charge in [0.2, 0.25) is 0 Å². The number of aryl methyl sites for hydroxylation is 1. The Morgan fingerprint density at radius 3 is 2.43 bits per heavy atom. The molecule has 0 saturated carbocycles. The topological polar surface area (TPSA) is 83.5 Å². The molecule has 0 spiro atoms. The summed E-state index contributed by atoms with van der Waals surface area (Å²) in [6.07, 6.45) is 1.98. The normalized spacial score (nSPS) is 12.9. The molecule has 0 unspecified atom stereocenters. The molecule has 23 heavy (non-hydrogen) atoms. The first-order valence-corrected chi connectivity index (χ1v) is 6.99. The van der Waals surface area contributed by atoms with Gasteiger partial charge in [-0.05, 0) is 48.7 Å². The fraction of sp³-hybridized carbons (Fsp3) is 0.188. The van der Waals surface area contributed by atoms with Crippen molar-refractivity contribution < 1.29 is 34.5 Å². The Kier molecular flexibility index (Phi) is 4.60. The van der Waals surface area contributed by atoms with Gasteiger partial charge in [-0.25, -0.2) is 4.79 Å². The first-order chi connectivity index (χ1) is 11.2. The van der Waals surface area contributed by atoms with E-state index in [2.05, 4.69) is 10.1 Å². The molecule has 1 N–H and O–H groups in total. The van der Waals surface area contributed by atoms with Gasteiger partial charge in [0.05, 0.1) is 12.2 Å². The van der Waals surface area contributed by atoms with Crippen LogP contribution in [0.15, 0.2) is 42.5 Å². The van der Waals surface area contributed by atoms with E-state index >= 15 is 0 Å². The van der Waals surface area contributed by atoms with Crippen molar-refractivity contribution in [2.24, 2.45) is 0 Å². The summed E-state index contributed by atoms with van der Waals surface area (Å²) in [6, 6.07) is 11.0. The van der Waals surface area contributed by atoms with Gasteiger partial charge in [-0.2, -0.15) is 0 Å². The molecule has 0 amide bonds. The number of carboxylic acid groups (broad SMARTS) is 1. The summed E-state index contributed by atoms with van der Waals surface area (Å²) < 4.78 is 5.51. The van der Waals surface area contributed by atoms with Gasteiger partial charge in [0, 0.05) is 16.1 Å². The van der Waals surface area contributed by atoms with Gasteiger partial charge >= 0.3 is 5.97 Å². The first kappa shape index (κ1) is 15.1. The molecule has 3 rings (SSSR count). The molecule has 0 saturated heterocycles. The van der Waals surface area contributed by atoms with Gasteiger partial charge in [0.25, 0.3) is 0 Å². The second-order valence-corrected chi connectivity index (χ2v) is 4.85. The van der Waals surface area contributed by atoms with Crippen LogP contribution in [0.3, 0.4) is 0 Å². The minimum atomic E-state index is -1.02. The second kappa shape index (κ2) is 6.99. The Hall–Kier alpha value is -2.77. The molecule has 2 aromatic carbocycles. The smallest absolute Gasteiger partial charge is 0.335 e. The van der Waals surface area contributed by atoms with E-state index in [1.807, 2.05) is 6.07 Å². The summed E-state index contributed by atoms with van der Waals surface area (Å²) in [5.41, 5.74) is 1.27. The van der Waals surface area contributed by atoms with Crippen molar-refractivity contribution in [3.63, 3.8) is 0 Å². The number of rotatable bonds is 6. The van der Waals surface area contributed by atoms with E-state index in [-0.39, 0.29) is 11.3 Å². The highest BCUT2D eigenvalue weighted by atomic mass is 17.7. The Morgan fingerprint density at radius 1 is 1.00 bits per heavy atom. The van der Waals surface area contributed by atoms with E-state index in [1.165, 1.54) is 24.3 Å². The monoisotopic (exact) mass is 318 g/mol. The molecule has 120 valence electrons. The van der Waals surface area contributed by atoms with Crippen molar-refractivity contribution in [1.82, 2.24) is 0 Å². The molecule has 0 bridgehead atoms. The van der Waals surface area contributed by atoms with Crippen molar-refractivity contribution >= 4 is 5.97 Å². The molecule has 0 fully saturated rings. The maximum absolute atomic E-state index is 10.7. The molecule has 1 heterocycles. The van der Waals surface area contributed by atoms with Crippen LogP contribution >= 0.6 is 0 Å². The number of ether oxygens (including phenoxy) is 1. The average molecular weight is 318 g/mol. The first-order valence-electron chi connectivity index (χ1n) is 6.99. The summed E-state index contributed by atoms with van der Waals surface area (Å²) in [4.78, 5) is 20.4. The predicted octanol–water partition coefficient (Wildman–Crippen LogP) is 2.95. The van der Waals surface area contributed by atoms with E-state index in [0.29, 0.717) is 12.4 Å². The second-order valence-electron chi connectivity index (χ2n) is 4.85. The van der Waals surface area contributed by atoms with E-state index < -0.39 is 5.97 Å². The zero-order valence-electron chi connectivity index (χ0n) is 12.1. The lowest BCUT2D eigenvalue weighted by Crippen LogP contribution is -2.09. The third-order valence-corrected chi connectivity index (χ3v) is 3.28. The summed E-state index contributed by atoms with van der Waals surface area (Å²) >= 11 is 0. The number of benzene rings is 2. The van der Waals surface area contributed by atoms with Gasteiger partial charge in [-0.15, -0.1) is 0 Å². The largest absolute Gasteiger partial charge is 0.493 e. The number of fused-ring (bicyclic) bond motifs is 1. The Balaban J connectivity index is 1.47. The third kappa shape index (κ3) is 3.91. The van der Waals surface area contributed by atoms with Crippen LogP contribution in [0.4, 0.5) is 0 Å². The summed E-state index contributed by atoms with van der Waals surface area (Å²) in [5.74, 6) is 0.428. The number of hydrogen-bond donors (Lipinski definition) is 1. The van der Waals surface area contributed by atoms with Crippen molar-refractivity contribution in [3.8, 4) is 17.2 Å². The van der Waals surface area contributed by atoms with Gasteiger partial charge < -0.3 is 19.6 Å². The van der Waals surface area contributed by atoms with Crippen LogP contribution in [0.25, 0.3) is 0 Å². The van der Waals surface area contributed by atoms with Crippen molar-refractivity contribution in [1.29, 1.82) is 0 Å². The maximum Gasteiger partial charge on any atom is 0.335 e. The van der Waals surface area contributed by atoms with Gasteiger partial charge in [0.15, 0.2) is 11.5 Å². The average Bonchev–Trinajstić information content (AvgIpc) is 2.59. The Bertz CT molecular complexity index is 681. The lowest BCUT2D eigenvalue weighted by molar-refractivity contribution is -0.575. The zero-order valence-corrected chi connectivity index (χ0v) is 12.1. The van der Waals surface area contributed by atoms with Gasteiger partial charge in [0.1, 0.15) is 5.75 Å². The zero-order chi connectivity index (χ0) is 16.1. The Labute approximate surface area is 131 Å². The summed E-state index contributed by atoms with van der Waals surface area (Å²) in [5, 5.41) is 17.7. The van der Waals surface area contributed by atoms with Crippen molar-refractivity contribution in [3.05, 3.63) is 53.6 Å². The van der Waals surface area contributed by atoms with Crippen LogP contribution in [-0.4, -0.2) is 17.7 Å². The quantitative estimate of drug-likeness (QED) is 0.498. The highest BCUT2D eigenvalue weighted by Gasteiger charge is 2.11. The molecule has 0 aromatic heterocycles. The highest BCUT2D eigenvalue weighted by molar-refractivity contribution is 5.87. The molecular formula is C16H14O7. The van der Waals surface area contributed by atoms with Gasteiger partial charge in [-0.3, -0.25) is 0 Å². The molecule has 7 nitrogen and oxygen atoms in total. The highest BCUT2D eigenvalue weighted by Crippen LogP contribution is 2.29. The number of carboxylic acids is 1. The molecule has 7 heteroatoms. The number of carbonyl (C=O) groups is 1. The molecule has 0 aliphatic carbocycles. The van der Waals surface area contributed by atoms with E-state index in [0.717, 1.165) is 24.2 Å². The number of aromatic carboxylic acids is 1. The molecular weight excluding hydrogens is 304 g/mol. The van der Waals surface area contributed by atoms with Crippen molar-refractivity contribution in [2.45, 2.75) is 12.8 Å². The van der Waals surface area contributed by atoms with E-state index in [9.17, 15) is 4.79 Å². The maximum atomic E-state index is 10.7. The van der Waals surface area contributed by atoms with Gasteiger partial charge in [-0.1, -0.05) is 6.07 Å². The fourth-order valence-corrected chi connectivity index (χ4v) is 2.13. The third-order valence-electron chi connectivity index (χ3n) is 3.28. The van der Waals surface area contributed by atoms with Crippen molar-refractivity contribution in [2.75, 3.05) is 6.61 Å². The SMILES string of the molecule is O=C(O)c1ccc(OOOOc2ccc3c(c2)OCCC3)cc1. The fourth-order valence-electron chi connectivity index (χ4n) is 2.13. The number of hydrogen-bond acceptors (Lipinski definition) is 6. The minimum Gasteiger partial charge on any atom is -0.493 e. The molecule has 1 aliphatic heterocycles. The van der Waals surface area contributed by atoms with Crippen LogP contribution in [0.1, 0.15) is 22.3 Å². The molecule has 0 atom stereocenters. The molecule has 2 aromatic rings.